The first kappa shape index (κ1) is 24.3. The van der Waals surface area contributed by atoms with Crippen molar-refractivity contribution in [2.24, 2.45) is 0 Å². The van der Waals surface area contributed by atoms with Crippen LogP contribution in [0.3, 0.4) is 0 Å². The number of carbonyl (C=O) groups is 3. The van der Waals surface area contributed by atoms with E-state index in [-0.39, 0.29) is 18.4 Å². The summed E-state index contributed by atoms with van der Waals surface area (Å²) in [5.41, 5.74) is 3.44. The molecular formula is C26H33N3O4. The normalized spacial score (nSPS) is 16.4. The van der Waals surface area contributed by atoms with E-state index in [1.807, 2.05) is 55.5 Å². The second-order valence-electron chi connectivity index (χ2n) is 9.53. The van der Waals surface area contributed by atoms with E-state index < -0.39 is 23.8 Å². The van der Waals surface area contributed by atoms with Crippen LogP contribution < -0.4 is 10.6 Å². The number of amides is 3. The maximum absolute atomic E-state index is 13.2. The van der Waals surface area contributed by atoms with E-state index in [1.165, 1.54) is 4.90 Å². The first-order chi connectivity index (χ1) is 15.5. The van der Waals surface area contributed by atoms with Crippen molar-refractivity contribution in [2.75, 3.05) is 0 Å². The third-order valence-corrected chi connectivity index (χ3v) is 5.52. The molecule has 7 heteroatoms. The lowest BCUT2D eigenvalue weighted by Gasteiger charge is -2.37. The Bertz CT molecular complexity index is 1010. The topological polar surface area (TPSA) is 87.7 Å². The van der Waals surface area contributed by atoms with Gasteiger partial charge in [0.05, 0.1) is 6.54 Å². The van der Waals surface area contributed by atoms with Gasteiger partial charge in [-0.05, 0) is 51.3 Å². The quantitative estimate of drug-likeness (QED) is 0.729. The van der Waals surface area contributed by atoms with Gasteiger partial charge in [0, 0.05) is 13.0 Å². The molecule has 2 aromatic carbocycles. The molecule has 0 aliphatic carbocycles. The minimum Gasteiger partial charge on any atom is -0.444 e. The summed E-state index contributed by atoms with van der Waals surface area (Å²) < 4.78 is 5.55. The second-order valence-corrected chi connectivity index (χ2v) is 9.53. The van der Waals surface area contributed by atoms with E-state index in [4.69, 9.17) is 4.74 Å². The number of carbonyl (C=O) groups excluding carboxylic acids is 3. The standard InChI is InChI=1S/C26H33N3O4/c1-17-10-12-19(13-11-17)15-27-23(30)18(2)28-24(31)22-14-20-8-6-7-9-21(20)16-29(22)25(32)33-26(3,4)5/h6-13,18,22H,14-16H2,1-5H3,(H,27,30)(H,28,31)/t18-,22+/m1/s1. The molecule has 1 aliphatic heterocycles. The number of benzene rings is 2. The molecule has 0 spiro atoms. The van der Waals surface area contributed by atoms with Crippen molar-refractivity contribution in [3.8, 4) is 0 Å². The average molecular weight is 452 g/mol. The zero-order valence-electron chi connectivity index (χ0n) is 20.0. The summed E-state index contributed by atoms with van der Waals surface area (Å²) in [4.78, 5) is 40.1. The Balaban J connectivity index is 1.67. The highest BCUT2D eigenvalue weighted by Gasteiger charge is 2.37. The van der Waals surface area contributed by atoms with Crippen LogP contribution in [0.5, 0.6) is 0 Å². The maximum atomic E-state index is 13.2. The van der Waals surface area contributed by atoms with Crippen molar-refractivity contribution in [2.45, 2.75) is 71.8 Å². The first-order valence-corrected chi connectivity index (χ1v) is 11.2. The number of nitrogens with one attached hydrogen (secondary N) is 2. The highest BCUT2D eigenvalue weighted by atomic mass is 16.6. The van der Waals surface area contributed by atoms with E-state index in [0.717, 1.165) is 22.3 Å². The summed E-state index contributed by atoms with van der Waals surface area (Å²) in [5.74, 6) is -0.669. The Labute approximate surface area is 195 Å². The van der Waals surface area contributed by atoms with Crippen LogP contribution in [0.15, 0.2) is 48.5 Å². The number of rotatable bonds is 5. The Morgan fingerprint density at radius 1 is 1.06 bits per heavy atom. The van der Waals surface area contributed by atoms with E-state index in [1.54, 1.807) is 27.7 Å². The molecule has 0 radical (unpaired) electrons. The summed E-state index contributed by atoms with van der Waals surface area (Å²) in [7, 11) is 0. The second kappa shape index (κ2) is 10.1. The Morgan fingerprint density at radius 2 is 1.70 bits per heavy atom. The zero-order chi connectivity index (χ0) is 24.2. The van der Waals surface area contributed by atoms with Crippen molar-refractivity contribution in [1.29, 1.82) is 0 Å². The first-order valence-electron chi connectivity index (χ1n) is 11.2. The molecule has 33 heavy (non-hydrogen) atoms. The molecule has 0 unspecified atom stereocenters. The third kappa shape index (κ3) is 6.57. The number of hydrogen-bond donors (Lipinski definition) is 2. The van der Waals surface area contributed by atoms with Crippen LogP contribution in [0.4, 0.5) is 4.79 Å². The van der Waals surface area contributed by atoms with Crippen molar-refractivity contribution < 1.29 is 19.1 Å². The van der Waals surface area contributed by atoms with Gasteiger partial charge in [0.25, 0.3) is 0 Å². The van der Waals surface area contributed by atoms with E-state index >= 15 is 0 Å². The van der Waals surface area contributed by atoms with Crippen LogP contribution in [0.1, 0.15) is 49.9 Å². The van der Waals surface area contributed by atoms with Crippen LogP contribution in [-0.4, -0.2) is 40.5 Å². The molecule has 0 saturated carbocycles. The molecule has 2 aromatic rings. The SMILES string of the molecule is Cc1ccc(CNC(=O)[C@@H](C)NC(=O)[C@@H]2Cc3ccccc3CN2C(=O)OC(C)(C)C)cc1. The molecule has 2 atom stereocenters. The van der Waals surface area contributed by atoms with Gasteiger partial charge in [0.1, 0.15) is 17.7 Å². The lowest BCUT2D eigenvalue weighted by molar-refractivity contribution is -0.132. The van der Waals surface area contributed by atoms with E-state index in [2.05, 4.69) is 10.6 Å². The van der Waals surface area contributed by atoms with Crippen molar-refractivity contribution in [3.05, 3.63) is 70.8 Å². The molecule has 0 bridgehead atoms. The number of fused-ring (bicyclic) bond motifs is 1. The maximum Gasteiger partial charge on any atom is 0.411 e. The molecule has 176 valence electrons. The minimum absolute atomic E-state index is 0.275. The summed E-state index contributed by atoms with van der Waals surface area (Å²) in [6, 6.07) is 14.1. The van der Waals surface area contributed by atoms with Gasteiger partial charge < -0.3 is 15.4 Å². The summed E-state index contributed by atoms with van der Waals surface area (Å²) >= 11 is 0. The third-order valence-electron chi connectivity index (χ3n) is 5.52. The fourth-order valence-electron chi connectivity index (χ4n) is 3.69. The predicted molar refractivity (Wildman–Crippen MR) is 126 cm³/mol. The van der Waals surface area contributed by atoms with Gasteiger partial charge >= 0.3 is 6.09 Å². The number of ether oxygens (including phenoxy) is 1. The predicted octanol–water partition coefficient (Wildman–Crippen LogP) is 3.48. The Hall–Kier alpha value is -3.35. The van der Waals surface area contributed by atoms with Crippen LogP contribution in [-0.2, 0) is 33.8 Å². The lowest BCUT2D eigenvalue weighted by Crippen LogP contribution is -2.56. The molecule has 0 saturated heterocycles. The van der Waals surface area contributed by atoms with Crippen LogP contribution in [0.2, 0.25) is 0 Å². The van der Waals surface area contributed by atoms with Gasteiger partial charge in [-0.1, -0.05) is 54.1 Å². The summed E-state index contributed by atoms with van der Waals surface area (Å²) in [5, 5.41) is 5.62. The zero-order valence-corrected chi connectivity index (χ0v) is 20.0. The molecule has 1 aliphatic rings. The van der Waals surface area contributed by atoms with Gasteiger partial charge in [-0.15, -0.1) is 0 Å². The average Bonchev–Trinajstić information content (AvgIpc) is 2.76. The molecule has 1 heterocycles. The molecule has 2 N–H and O–H groups in total. The van der Waals surface area contributed by atoms with Gasteiger partial charge in [-0.2, -0.15) is 0 Å². The van der Waals surface area contributed by atoms with Crippen molar-refractivity contribution in [1.82, 2.24) is 15.5 Å². The highest BCUT2D eigenvalue weighted by molar-refractivity contribution is 5.91. The number of nitrogens with zero attached hydrogens (tertiary/aromatic N) is 1. The number of aryl methyl sites for hydroxylation is 1. The fourth-order valence-corrected chi connectivity index (χ4v) is 3.69. The molecular weight excluding hydrogens is 418 g/mol. The van der Waals surface area contributed by atoms with Crippen LogP contribution in [0, 0.1) is 6.92 Å². The Morgan fingerprint density at radius 3 is 2.33 bits per heavy atom. The van der Waals surface area contributed by atoms with Crippen LogP contribution in [0.25, 0.3) is 0 Å². The summed E-state index contributed by atoms with van der Waals surface area (Å²) in [6.45, 7) is 9.66. The van der Waals surface area contributed by atoms with Gasteiger partial charge in [0.15, 0.2) is 0 Å². The largest absolute Gasteiger partial charge is 0.444 e. The molecule has 7 nitrogen and oxygen atoms in total. The lowest BCUT2D eigenvalue weighted by atomic mass is 9.93. The highest BCUT2D eigenvalue weighted by Crippen LogP contribution is 2.25. The molecule has 3 amide bonds. The monoisotopic (exact) mass is 451 g/mol. The van der Waals surface area contributed by atoms with E-state index in [9.17, 15) is 14.4 Å². The van der Waals surface area contributed by atoms with Gasteiger partial charge in [0.2, 0.25) is 11.8 Å². The van der Waals surface area contributed by atoms with Gasteiger partial charge in [-0.25, -0.2) is 4.79 Å². The molecule has 0 aromatic heterocycles. The molecule has 0 fully saturated rings. The van der Waals surface area contributed by atoms with E-state index in [0.29, 0.717) is 13.0 Å². The van der Waals surface area contributed by atoms with Gasteiger partial charge in [-0.3, -0.25) is 14.5 Å². The number of hydrogen-bond acceptors (Lipinski definition) is 4. The van der Waals surface area contributed by atoms with Crippen molar-refractivity contribution in [3.63, 3.8) is 0 Å². The van der Waals surface area contributed by atoms with Crippen LogP contribution >= 0.6 is 0 Å². The smallest absolute Gasteiger partial charge is 0.411 e. The fraction of sp³-hybridized carbons (Fsp3) is 0.423. The summed E-state index contributed by atoms with van der Waals surface area (Å²) in [6.07, 6.45) is -0.187. The Kier molecular flexibility index (Phi) is 7.41. The minimum atomic E-state index is -0.762. The van der Waals surface area contributed by atoms with Crippen molar-refractivity contribution >= 4 is 17.9 Å². The molecule has 3 rings (SSSR count).